The van der Waals surface area contributed by atoms with Gasteiger partial charge in [0.05, 0.1) is 7.11 Å². The fourth-order valence-corrected chi connectivity index (χ4v) is 2.57. The number of ether oxygens (including phenoxy) is 1. The number of hydrogen-bond acceptors (Lipinski definition) is 4. The van der Waals surface area contributed by atoms with E-state index in [1.54, 1.807) is 0 Å². The number of esters is 1. The highest BCUT2D eigenvalue weighted by molar-refractivity contribution is 5.83. The van der Waals surface area contributed by atoms with Crippen molar-refractivity contribution in [2.24, 2.45) is 5.41 Å². The van der Waals surface area contributed by atoms with E-state index in [2.05, 4.69) is 29.2 Å². The summed E-state index contributed by atoms with van der Waals surface area (Å²) in [5.41, 5.74) is 0.0159. The number of rotatable bonds is 6. The molecule has 7 heteroatoms. The molecule has 1 saturated carbocycles. The van der Waals surface area contributed by atoms with Crippen molar-refractivity contribution in [2.75, 3.05) is 7.11 Å². The molecule has 0 radical (unpaired) electrons. The Bertz CT molecular complexity index is 408. The Balaban J connectivity index is 2.49. The van der Waals surface area contributed by atoms with Crippen molar-refractivity contribution in [3.8, 4) is 0 Å². The molecule has 1 aliphatic carbocycles. The molecule has 0 aromatic heterocycles. The molecular formula is C14H24N2O5. The van der Waals surface area contributed by atoms with Crippen LogP contribution in [0.1, 0.15) is 46.0 Å². The zero-order chi connectivity index (χ0) is 16.0. The smallest absolute Gasteiger partial charge is 0.326 e. The van der Waals surface area contributed by atoms with Crippen LogP contribution in [0.25, 0.3) is 0 Å². The van der Waals surface area contributed by atoms with Gasteiger partial charge in [-0.25, -0.2) is 9.59 Å². The Kier molecular flexibility index (Phi) is 5.99. The lowest BCUT2D eigenvalue weighted by atomic mass is 9.87. The summed E-state index contributed by atoms with van der Waals surface area (Å²) in [6.07, 6.45) is 2.91. The van der Waals surface area contributed by atoms with Crippen LogP contribution in [0, 0.1) is 5.41 Å². The summed E-state index contributed by atoms with van der Waals surface area (Å²) in [5.74, 6) is -1.67. The van der Waals surface area contributed by atoms with Gasteiger partial charge in [-0.05, 0) is 24.7 Å². The topological polar surface area (TPSA) is 105 Å². The highest BCUT2D eigenvalue weighted by Gasteiger charge is 2.35. The number of carboxylic acids is 1. The van der Waals surface area contributed by atoms with E-state index in [4.69, 9.17) is 5.11 Å². The van der Waals surface area contributed by atoms with Gasteiger partial charge < -0.3 is 20.5 Å². The molecule has 0 spiro atoms. The summed E-state index contributed by atoms with van der Waals surface area (Å²) in [5, 5.41) is 14.3. The Morgan fingerprint density at radius 2 is 2.05 bits per heavy atom. The Morgan fingerprint density at radius 1 is 1.38 bits per heavy atom. The first kappa shape index (κ1) is 17.3. The van der Waals surface area contributed by atoms with Crippen molar-refractivity contribution >= 4 is 18.0 Å². The molecule has 7 nitrogen and oxygen atoms in total. The predicted octanol–water partition coefficient (Wildman–Crippen LogP) is 1.27. The lowest BCUT2D eigenvalue weighted by molar-refractivity contribution is -0.142. The quantitative estimate of drug-likeness (QED) is 0.641. The molecule has 0 saturated heterocycles. The second-order valence-corrected chi connectivity index (χ2v) is 6.06. The molecule has 1 aliphatic rings. The first-order chi connectivity index (χ1) is 9.76. The second-order valence-electron chi connectivity index (χ2n) is 6.06. The summed E-state index contributed by atoms with van der Waals surface area (Å²) in [4.78, 5) is 34.1. The minimum atomic E-state index is -1.17. The van der Waals surface area contributed by atoms with Crippen molar-refractivity contribution in [1.82, 2.24) is 10.6 Å². The van der Waals surface area contributed by atoms with Gasteiger partial charge in [0.1, 0.15) is 6.04 Å². The SMILES string of the molecule is COC(=O)CC[C@@H](NC(=O)NC1CCCC1(C)C)C(=O)O. The molecule has 21 heavy (non-hydrogen) atoms. The van der Waals surface area contributed by atoms with Crippen molar-refractivity contribution in [1.29, 1.82) is 0 Å². The third-order valence-electron chi connectivity index (χ3n) is 4.03. The third-order valence-corrected chi connectivity index (χ3v) is 4.03. The maximum atomic E-state index is 11.9. The molecule has 0 aromatic rings. The lowest BCUT2D eigenvalue weighted by Crippen LogP contribution is -2.51. The van der Waals surface area contributed by atoms with Crippen molar-refractivity contribution in [3.05, 3.63) is 0 Å². The van der Waals surface area contributed by atoms with Crippen LogP contribution in [0.5, 0.6) is 0 Å². The van der Waals surface area contributed by atoms with Gasteiger partial charge in [0.25, 0.3) is 0 Å². The van der Waals surface area contributed by atoms with E-state index in [9.17, 15) is 14.4 Å². The van der Waals surface area contributed by atoms with E-state index < -0.39 is 24.0 Å². The Morgan fingerprint density at radius 3 is 2.52 bits per heavy atom. The average Bonchev–Trinajstić information content (AvgIpc) is 2.72. The molecule has 0 aliphatic heterocycles. The van der Waals surface area contributed by atoms with Gasteiger partial charge in [0, 0.05) is 12.5 Å². The van der Waals surface area contributed by atoms with Crippen LogP contribution in [0.3, 0.4) is 0 Å². The predicted molar refractivity (Wildman–Crippen MR) is 75.8 cm³/mol. The van der Waals surface area contributed by atoms with E-state index in [1.165, 1.54) is 7.11 Å². The summed E-state index contributed by atoms with van der Waals surface area (Å²) in [7, 11) is 1.24. The van der Waals surface area contributed by atoms with Gasteiger partial charge in [0.15, 0.2) is 0 Å². The monoisotopic (exact) mass is 300 g/mol. The lowest BCUT2D eigenvalue weighted by Gasteiger charge is -2.28. The van der Waals surface area contributed by atoms with E-state index in [0.29, 0.717) is 0 Å². The Labute approximate surface area is 124 Å². The van der Waals surface area contributed by atoms with Crippen LogP contribution >= 0.6 is 0 Å². The van der Waals surface area contributed by atoms with E-state index in [1.807, 2.05) is 0 Å². The molecule has 2 atom stereocenters. The minimum Gasteiger partial charge on any atom is -0.480 e. The van der Waals surface area contributed by atoms with Crippen LogP contribution in [0.2, 0.25) is 0 Å². The van der Waals surface area contributed by atoms with Crippen molar-refractivity contribution in [3.63, 3.8) is 0 Å². The molecule has 1 unspecified atom stereocenters. The fraction of sp³-hybridized carbons (Fsp3) is 0.786. The van der Waals surface area contributed by atoms with Crippen LogP contribution in [0.4, 0.5) is 4.79 Å². The van der Waals surface area contributed by atoms with Crippen LogP contribution in [-0.2, 0) is 14.3 Å². The van der Waals surface area contributed by atoms with Crippen LogP contribution in [0.15, 0.2) is 0 Å². The second kappa shape index (κ2) is 7.28. The number of methoxy groups -OCH3 is 1. The van der Waals surface area contributed by atoms with Gasteiger partial charge in [0.2, 0.25) is 0 Å². The summed E-state index contributed by atoms with van der Waals surface area (Å²) >= 11 is 0. The van der Waals surface area contributed by atoms with E-state index >= 15 is 0 Å². The number of hydrogen-bond donors (Lipinski definition) is 3. The average molecular weight is 300 g/mol. The van der Waals surface area contributed by atoms with Crippen molar-refractivity contribution < 1.29 is 24.2 Å². The maximum Gasteiger partial charge on any atom is 0.326 e. The zero-order valence-electron chi connectivity index (χ0n) is 12.8. The normalized spacial score (nSPS) is 21.4. The molecule has 2 amide bonds. The maximum absolute atomic E-state index is 11.9. The molecule has 0 bridgehead atoms. The van der Waals surface area contributed by atoms with Gasteiger partial charge in [-0.15, -0.1) is 0 Å². The molecule has 3 N–H and O–H groups in total. The number of urea groups is 1. The number of amides is 2. The first-order valence-electron chi connectivity index (χ1n) is 7.13. The zero-order valence-corrected chi connectivity index (χ0v) is 12.8. The standard InChI is InChI=1S/C14H24N2O5/c1-14(2)8-4-5-10(14)16-13(20)15-9(12(18)19)6-7-11(17)21-3/h9-10H,4-8H2,1-3H3,(H,18,19)(H2,15,16,20)/t9-,10?/m1/s1. The number of carbonyl (C=O) groups excluding carboxylic acids is 2. The van der Waals surface area contributed by atoms with E-state index in [-0.39, 0.29) is 24.3 Å². The van der Waals surface area contributed by atoms with Gasteiger partial charge in [-0.3, -0.25) is 4.79 Å². The minimum absolute atomic E-state index is 0.00346. The molecule has 0 aromatic carbocycles. The molecule has 1 rings (SSSR count). The summed E-state index contributed by atoms with van der Waals surface area (Å²) in [6.45, 7) is 4.16. The fourth-order valence-electron chi connectivity index (χ4n) is 2.57. The van der Waals surface area contributed by atoms with Gasteiger partial charge in [-0.2, -0.15) is 0 Å². The first-order valence-corrected chi connectivity index (χ1v) is 7.13. The molecule has 120 valence electrons. The van der Waals surface area contributed by atoms with E-state index in [0.717, 1.165) is 19.3 Å². The number of aliphatic carboxylic acids is 1. The summed E-state index contributed by atoms with van der Waals surface area (Å²) < 4.78 is 4.46. The van der Waals surface area contributed by atoms with Crippen molar-refractivity contribution in [2.45, 2.75) is 58.0 Å². The third kappa shape index (κ3) is 5.24. The summed E-state index contributed by atoms with van der Waals surface area (Å²) in [6, 6.07) is -1.58. The largest absolute Gasteiger partial charge is 0.480 e. The van der Waals surface area contributed by atoms with Gasteiger partial charge >= 0.3 is 18.0 Å². The molecule has 0 heterocycles. The number of carboxylic acid groups (broad SMARTS) is 1. The van der Waals surface area contributed by atoms with Gasteiger partial charge in [-0.1, -0.05) is 20.3 Å². The number of nitrogens with one attached hydrogen (secondary N) is 2. The highest BCUT2D eigenvalue weighted by atomic mass is 16.5. The number of carbonyl (C=O) groups is 3. The Hall–Kier alpha value is -1.79. The molecular weight excluding hydrogens is 276 g/mol. The molecule has 1 fully saturated rings. The van der Waals surface area contributed by atoms with Crippen LogP contribution < -0.4 is 10.6 Å². The highest BCUT2D eigenvalue weighted by Crippen LogP contribution is 2.37. The van der Waals surface area contributed by atoms with Crippen LogP contribution in [-0.4, -0.2) is 42.3 Å².